The average Bonchev–Trinajstić information content (AvgIpc) is 3.09. The fraction of sp³-hybridized carbons (Fsp3) is 0.167. The van der Waals surface area contributed by atoms with Crippen LogP contribution in [0.5, 0.6) is 5.75 Å². The van der Waals surface area contributed by atoms with E-state index in [1.165, 1.54) is 29.9 Å². The number of esters is 2. The minimum absolute atomic E-state index is 0.270. The number of ether oxygens (including phenoxy) is 2. The smallest absolute Gasteiger partial charge is 0.338 e. The first-order chi connectivity index (χ1) is 16.2. The maximum Gasteiger partial charge on any atom is 0.338 e. The lowest BCUT2D eigenvalue weighted by atomic mass is 9.96. The molecule has 10 heteroatoms. The molecule has 7 nitrogen and oxygen atoms in total. The Kier molecular flexibility index (Phi) is 6.88. The zero-order valence-electron chi connectivity index (χ0n) is 18.3. The largest absolute Gasteiger partial charge is 0.466 e. The van der Waals surface area contributed by atoms with E-state index in [4.69, 9.17) is 21.1 Å². The van der Waals surface area contributed by atoms with Gasteiger partial charge in [0.05, 0.1) is 29.0 Å². The Bertz CT molecular complexity index is 1520. The molecule has 0 radical (unpaired) electrons. The number of thiazole rings is 1. The summed E-state index contributed by atoms with van der Waals surface area (Å²) in [5, 5.41) is 0.532. The number of hydrogen-bond donors (Lipinski definition) is 0. The molecule has 1 aliphatic rings. The van der Waals surface area contributed by atoms with E-state index in [0.29, 0.717) is 36.9 Å². The Morgan fingerprint density at radius 1 is 1.21 bits per heavy atom. The lowest BCUT2D eigenvalue weighted by Crippen LogP contribution is -2.39. The Morgan fingerprint density at radius 2 is 1.91 bits per heavy atom. The minimum atomic E-state index is -0.737. The van der Waals surface area contributed by atoms with E-state index in [1.807, 2.05) is 0 Å². The van der Waals surface area contributed by atoms with Crippen LogP contribution in [0.2, 0.25) is 5.02 Å². The van der Waals surface area contributed by atoms with Crippen molar-refractivity contribution in [2.45, 2.75) is 19.9 Å². The fourth-order valence-corrected chi connectivity index (χ4v) is 5.22. The Morgan fingerprint density at radius 3 is 2.56 bits per heavy atom. The summed E-state index contributed by atoms with van der Waals surface area (Å²) in [7, 11) is 1.29. The summed E-state index contributed by atoms with van der Waals surface area (Å²) in [5.41, 5.74) is 1.62. The fourth-order valence-electron chi connectivity index (χ4n) is 3.67. The van der Waals surface area contributed by atoms with Gasteiger partial charge in [-0.15, -0.1) is 0 Å². The van der Waals surface area contributed by atoms with Gasteiger partial charge in [-0.25, -0.2) is 9.79 Å². The highest BCUT2D eigenvalue weighted by Crippen LogP contribution is 2.31. The molecule has 0 unspecified atom stereocenters. The molecular weight excluding hydrogens is 544 g/mol. The van der Waals surface area contributed by atoms with E-state index in [1.54, 1.807) is 55.5 Å². The average molecular weight is 562 g/mol. The van der Waals surface area contributed by atoms with Crippen LogP contribution in [0.1, 0.15) is 31.0 Å². The van der Waals surface area contributed by atoms with Crippen LogP contribution in [0.25, 0.3) is 6.08 Å². The molecule has 2 aromatic carbocycles. The van der Waals surface area contributed by atoms with Crippen LogP contribution in [-0.2, 0) is 14.3 Å². The van der Waals surface area contributed by atoms with Crippen molar-refractivity contribution in [1.82, 2.24) is 4.57 Å². The number of carbonyl (C=O) groups is 2. The van der Waals surface area contributed by atoms with Crippen molar-refractivity contribution in [3.63, 3.8) is 0 Å². The number of nitrogens with zero attached hydrogens (tertiary/aromatic N) is 2. The van der Waals surface area contributed by atoms with E-state index >= 15 is 0 Å². The number of benzene rings is 2. The molecule has 0 saturated heterocycles. The zero-order chi connectivity index (χ0) is 24.6. The summed E-state index contributed by atoms with van der Waals surface area (Å²) < 4.78 is 12.9. The van der Waals surface area contributed by atoms with Crippen LogP contribution in [0.15, 0.2) is 68.0 Å². The molecule has 4 rings (SSSR count). The van der Waals surface area contributed by atoms with E-state index < -0.39 is 18.0 Å². The second-order valence-corrected chi connectivity index (χ2v) is 9.76. The van der Waals surface area contributed by atoms with Gasteiger partial charge in [0.2, 0.25) is 0 Å². The van der Waals surface area contributed by atoms with Gasteiger partial charge >= 0.3 is 11.9 Å². The summed E-state index contributed by atoms with van der Waals surface area (Å²) in [6.07, 6.45) is 1.64. The molecule has 1 aromatic heterocycles. The van der Waals surface area contributed by atoms with Gasteiger partial charge in [0.15, 0.2) is 4.80 Å². The molecule has 1 aliphatic heterocycles. The van der Waals surface area contributed by atoms with Crippen LogP contribution in [0, 0.1) is 0 Å². The normalized spacial score (nSPS) is 15.6. The maximum absolute atomic E-state index is 13.6. The Labute approximate surface area is 211 Å². The topological polar surface area (TPSA) is 87.0 Å². The van der Waals surface area contributed by atoms with Crippen molar-refractivity contribution in [3.8, 4) is 5.75 Å². The molecule has 0 spiro atoms. The van der Waals surface area contributed by atoms with Crippen molar-refractivity contribution < 1.29 is 19.1 Å². The zero-order valence-corrected chi connectivity index (χ0v) is 21.5. The SMILES string of the molecule is COC(=O)C1=C(C)N=c2s/c(=C\c3cc(Br)ccc3OC(C)=O)c(=O)n2[C@H]1c1ccc(Cl)cc1. The molecule has 3 aromatic rings. The first kappa shape index (κ1) is 24.1. The highest BCUT2D eigenvalue weighted by Gasteiger charge is 2.33. The second-order valence-electron chi connectivity index (χ2n) is 7.40. The Hall–Kier alpha value is -3.01. The minimum Gasteiger partial charge on any atom is -0.466 e. The number of hydrogen-bond acceptors (Lipinski definition) is 7. The monoisotopic (exact) mass is 560 g/mol. The number of aromatic nitrogens is 1. The molecule has 0 N–H and O–H groups in total. The molecule has 34 heavy (non-hydrogen) atoms. The Balaban J connectivity index is 1.97. The molecule has 0 bridgehead atoms. The number of rotatable bonds is 4. The van der Waals surface area contributed by atoms with Gasteiger partial charge in [0, 0.05) is 22.0 Å². The molecule has 2 heterocycles. The van der Waals surface area contributed by atoms with Crippen molar-refractivity contribution in [3.05, 3.63) is 94.0 Å². The van der Waals surface area contributed by atoms with Crippen LogP contribution < -0.4 is 19.6 Å². The highest BCUT2D eigenvalue weighted by atomic mass is 79.9. The van der Waals surface area contributed by atoms with Crippen molar-refractivity contribution in [1.29, 1.82) is 0 Å². The first-order valence-corrected chi connectivity index (χ1v) is 12.0. The number of fused-ring (bicyclic) bond motifs is 1. The van der Waals surface area contributed by atoms with Gasteiger partial charge in [-0.1, -0.05) is 51.0 Å². The quantitative estimate of drug-likeness (QED) is 0.358. The number of carbonyl (C=O) groups excluding carboxylic acids is 2. The maximum atomic E-state index is 13.6. The molecular formula is C24H18BrClN2O5S. The second kappa shape index (κ2) is 9.69. The van der Waals surface area contributed by atoms with E-state index in [-0.39, 0.29) is 11.1 Å². The number of allylic oxidation sites excluding steroid dienone is 1. The standard InChI is InChI=1S/C24H18BrClN2O5S/c1-12-20(23(31)32-3)21(14-4-7-17(26)8-5-14)28-22(30)19(34-24(28)27-12)11-15-10-16(25)6-9-18(15)33-13(2)29/h4-11,21H,1-3H3/b19-11-/t21-/m0/s1. The third-order valence-electron chi connectivity index (χ3n) is 5.12. The van der Waals surface area contributed by atoms with Crippen LogP contribution in [0.4, 0.5) is 0 Å². The molecule has 1 atom stereocenters. The first-order valence-electron chi connectivity index (χ1n) is 10.0. The van der Waals surface area contributed by atoms with Crippen LogP contribution in [-0.4, -0.2) is 23.6 Å². The number of methoxy groups -OCH3 is 1. The lowest BCUT2D eigenvalue weighted by Gasteiger charge is -2.24. The van der Waals surface area contributed by atoms with Gasteiger partial charge in [0.1, 0.15) is 5.75 Å². The van der Waals surface area contributed by atoms with E-state index in [2.05, 4.69) is 20.9 Å². The van der Waals surface area contributed by atoms with Gasteiger partial charge in [0.25, 0.3) is 5.56 Å². The van der Waals surface area contributed by atoms with Crippen LogP contribution in [0.3, 0.4) is 0 Å². The summed E-state index contributed by atoms with van der Waals surface area (Å²) >= 11 is 10.6. The van der Waals surface area contributed by atoms with Crippen LogP contribution >= 0.6 is 38.9 Å². The number of halogens is 2. The summed E-state index contributed by atoms with van der Waals surface area (Å²) in [6.45, 7) is 3.02. The third-order valence-corrected chi connectivity index (χ3v) is 6.85. The highest BCUT2D eigenvalue weighted by molar-refractivity contribution is 9.10. The summed E-state index contributed by atoms with van der Waals surface area (Å²) in [5.74, 6) is -0.721. The summed E-state index contributed by atoms with van der Waals surface area (Å²) in [6, 6.07) is 11.3. The van der Waals surface area contributed by atoms with E-state index in [9.17, 15) is 14.4 Å². The molecule has 0 aliphatic carbocycles. The van der Waals surface area contributed by atoms with Crippen molar-refractivity contribution in [2.24, 2.45) is 4.99 Å². The summed E-state index contributed by atoms with van der Waals surface area (Å²) in [4.78, 5) is 42.8. The van der Waals surface area contributed by atoms with Gasteiger partial charge in [-0.05, 0) is 48.9 Å². The van der Waals surface area contributed by atoms with Gasteiger partial charge in [-0.2, -0.15) is 0 Å². The van der Waals surface area contributed by atoms with Crippen molar-refractivity contribution >= 4 is 56.9 Å². The predicted molar refractivity (Wildman–Crippen MR) is 133 cm³/mol. The molecule has 0 amide bonds. The molecule has 0 fully saturated rings. The van der Waals surface area contributed by atoms with Gasteiger partial charge < -0.3 is 9.47 Å². The van der Waals surface area contributed by atoms with E-state index in [0.717, 1.165) is 4.47 Å². The lowest BCUT2D eigenvalue weighted by molar-refractivity contribution is -0.136. The molecule has 174 valence electrons. The predicted octanol–water partition coefficient (Wildman–Crippen LogP) is 3.75. The molecule has 0 saturated carbocycles. The van der Waals surface area contributed by atoms with Crippen molar-refractivity contribution in [2.75, 3.05) is 7.11 Å². The van der Waals surface area contributed by atoms with Gasteiger partial charge in [-0.3, -0.25) is 14.2 Å². The third kappa shape index (κ3) is 4.64.